The van der Waals surface area contributed by atoms with Gasteiger partial charge in [-0.05, 0) is 61.7 Å². The van der Waals surface area contributed by atoms with Gasteiger partial charge in [-0.2, -0.15) is 0 Å². The SMILES string of the molecule is CCN1C(=O)COc2ccc(-c3csc(NS(=O)(=O)c4ccc5c(c4)CCCN5C(C)=O)n3)cc21. The van der Waals surface area contributed by atoms with Crippen LogP contribution in [-0.4, -0.2) is 44.9 Å². The van der Waals surface area contributed by atoms with Gasteiger partial charge in [-0.25, -0.2) is 13.4 Å². The molecule has 0 bridgehead atoms. The van der Waals surface area contributed by atoms with E-state index >= 15 is 0 Å². The predicted octanol–water partition coefficient (Wildman–Crippen LogP) is 3.66. The molecule has 0 atom stereocenters. The van der Waals surface area contributed by atoms with E-state index in [2.05, 4.69) is 9.71 Å². The Bertz CT molecular complexity index is 1430. The molecule has 2 amide bonds. The molecule has 0 fully saturated rings. The highest BCUT2D eigenvalue weighted by Crippen LogP contribution is 2.37. The van der Waals surface area contributed by atoms with Gasteiger partial charge in [0.2, 0.25) is 5.91 Å². The van der Waals surface area contributed by atoms with E-state index in [4.69, 9.17) is 4.74 Å². The van der Waals surface area contributed by atoms with Gasteiger partial charge < -0.3 is 14.5 Å². The third-order valence-corrected chi connectivity index (χ3v) is 8.32. The average Bonchev–Trinajstić information content (AvgIpc) is 3.30. The fourth-order valence-corrected chi connectivity index (χ4v) is 6.43. The van der Waals surface area contributed by atoms with Crippen LogP contribution in [0.3, 0.4) is 0 Å². The minimum absolute atomic E-state index is 0.0122. The van der Waals surface area contributed by atoms with Gasteiger partial charge in [0, 0.05) is 36.6 Å². The fourth-order valence-electron chi connectivity index (χ4n) is 4.40. The molecule has 3 aromatic rings. The summed E-state index contributed by atoms with van der Waals surface area (Å²) in [7, 11) is -3.87. The molecule has 1 N–H and O–H groups in total. The van der Waals surface area contributed by atoms with E-state index in [-0.39, 0.29) is 28.4 Å². The van der Waals surface area contributed by atoms with Gasteiger partial charge >= 0.3 is 0 Å². The van der Waals surface area contributed by atoms with Crippen LogP contribution in [0.1, 0.15) is 25.8 Å². The van der Waals surface area contributed by atoms with E-state index in [0.717, 1.165) is 23.2 Å². The van der Waals surface area contributed by atoms with Gasteiger partial charge in [0.05, 0.1) is 16.3 Å². The highest BCUT2D eigenvalue weighted by Gasteiger charge is 2.26. The van der Waals surface area contributed by atoms with E-state index in [0.29, 0.717) is 36.6 Å². The largest absolute Gasteiger partial charge is 0.482 e. The zero-order valence-electron chi connectivity index (χ0n) is 19.3. The second-order valence-corrected chi connectivity index (χ2v) is 10.9. The number of benzene rings is 2. The Morgan fingerprint density at radius 1 is 1.20 bits per heavy atom. The number of aromatic nitrogens is 1. The molecular formula is C24H24N4O5S2. The number of likely N-dealkylation sites (N-methyl/N-ethyl adjacent to an activating group) is 1. The minimum Gasteiger partial charge on any atom is -0.482 e. The maximum absolute atomic E-state index is 13.1. The summed E-state index contributed by atoms with van der Waals surface area (Å²) in [6, 6.07) is 10.3. The number of anilines is 3. The number of nitrogens with zero attached hydrogens (tertiary/aromatic N) is 3. The van der Waals surface area contributed by atoms with Gasteiger partial charge in [0.1, 0.15) is 5.75 Å². The Morgan fingerprint density at radius 2 is 2.03 bits per heavy atom. The van der Waals surface area contributed by atoms with Crippen molar-refractivity contribution in [3.63, 3.8) is 0 Å². The van der Waals surface area contributed by atoms with Gasteiger partial charge in [0.25, 0.3) is 15.9 Å². The Hall–Kier alpha value is -3.44. The summed E-state index contributed by atoms with van der Waals surface area (Å²) >= 11 is 1.18. The van der Waals surface area contributed by atoms with Crippen LogP contribution in [0, 0.1) is 0 Å². The second kappa shape index (κ2) is 8.97. The molecule has 2 aliphatic heterocycles. The first-order valence-corrected chi connectivity index (χ1v) is 13.6. The van der Waals surface area contributed by atoms with Crippen LogP contribution in [0.4, 0.5) is 16.5 Å². The van der Waals surface area contributed by atoms with Crippen LogP contribution >= 0.6 is 11.3 Å². The van der Waals surface area contributed by atoms with E-state index in [1.807, 2.05) is 19.1 Å². The zero-order valence-corrected chi connectivity index (χ0v) is 20.9. The van der Waals surface area contributed by atoms with Crippen LogP contribution in [0.5, 0.6) is 5.75 Å². The number of nitrogens with one attached hydrogen (secondary N) is 1. The highest BCUT2D eigenvalue weighted by atomic mass is 32.2. The van der Waals surface area contributed by atoms with E-state index in [1.165, 1.54) is 24.3 Å². The zero-order chi connectivity index (χ0) is 24.7. The number of hydrogen-bond acceptors (Lipinski definition) is 7. The number of sulfonamides is 1. The van der Waals surface area contributed by atoms with Crippen molar-refractivity contribution < 1.29 is 22.7 Å². The quantitative estimate of drug-likeness (QED) is 0.559. The molecule has 2 aromatic carbocycles. The molecule has 0 radical (unpaired) electrons. The summed E-state index contributed by atoms with van der Waals surface area (Å²) in [6.45, 7) is 4.57. The topological polar surface area (TPSA) is 109 Å². The monoisotopic (exact) mass is 512 g/mol. The Balaban J connectivity index is 1.39. The summed E-state index contributed by atoms with van der Waals surface area (Å²) in [5.41, 5.74) is 3.60. The van der Waals surface area contributed by atoms with Crippen LogP contribution in [0.15, 0.2) is 46.7 Å². The van der Waals surface area contributed by atoms with Gasteiger partial charge in [0.15, 0.2) is 11.7 Å². The number of ether oxygens (including phenoxy) is 1. The lowest BCUT2D eigenvalue weighted by Crippen LogP contribution is -2.38. The smallest absolute Gasteiger partial charge is 0.265 e. The molecule has 35 heavy (non-hydrogen) atoms. The number of rotatable bonds is 5. The number of thiazole rings is 1. The van der Waals surface area contributed by atoms with Crippen molar-refractivity contribution in [3.05, 3.63) is 47.3 Å². The van der Waals surface area contributed by atoms with E-state index in [9.17, 15) is 18.0 Å². The van der Waals surface area contributed by atoms with Crippen molar-refractivity contribution in [1.82, 2.24) is 4.98 Å². The van der Waals surface area contributed by atoms with Gasteiger partial charge in [-0.3, -0.25) is 14.3 Å². The number of carbonyl (C=O) groups is 2. The lowest BCUT2D eigenvalue weighted by atomic mass is 10.0. The Labute approximate surface area is 207 Å². The molecule has 11 heteroatoms. The molecule has 0 aliphatic carbocycles. The van der Waals surface area contributed by atoms with Crippen LogP contribution in [-0.2, 0) is 26.0 Å². The van der Waals surface area contributed by atoms with Gasteiger partial charge in [-0.15, -0.1) is 11.3 Å². The van der Waals surface area contributed by atoms with Crippen molar-refractivity contribution in [1.29, 1.82) is 0 Å². The molecular weight excluding hydrogens is 488 g/mol. The van der Waals surface area contributed by atoms with Gasteiger partial charge in [-0.1, -0.05) is 0 Å². The van der Waals surface area contributed by atoms with Crippen molar-refractivity contribution in [2.24, 2.45) is 0 Å². The number of hydrogen-bond donors (Lipinski definition) is 1. The highest BCUT2D eigenvalue weighted by molar-refractivity contribution is 7.93. The molecule has 1 aromatic heterocycles. The molecule has 2 aliphatic rings. The summed E-state index contributed by atoms with van der Waals surface area (Å²) in [4.78, 5) is 32.0. The summed E-state index contributed by atoms with van der Waals surface area (Å²) in [5.74, 6) is 0.456. The van der Waals surface area contributed by atoms with Crippen LogP contribution in [0.25, 0.3) is 11.3 Å². The Morgan fingerprint density at radius 3 is 2.80 bits per heavy atom. The lowest BCUT2D eigenvalue weighted by Gasteiger charge is -2.28. The predicted molar refractivity (Wildman–Crippen MR) is 135 cm³/mol. The molecule has 0 saturated carbocycles. The standard InChI is InChI=1S/C24H24N4O5S2/c1-3-27-21-12-16(6-9-22(21)33-13-23(27)30)19-14-34-24(25-19)26-35(31,32)18-7-8-20-17(11-18)5-4-10-28(20)15(2)29/h6-9,11-12,14H,3-5,10,13H2,1-2H3,(H,25,26). The third kappa shape index (κ3) is 4.37. The van der Waals surface area contributed by atoms with Crippen molar-refractivity contribution in [2.75, 3.05) is 34.2 Å². The normalized spacial score (nSPS) is 15.3. The summed E-state index contributed by atoms with van der Waals surface area (Å²) < 4.78 is 34.2. The molecule has 182 valence electrons. The molecule has 5 rings (SSSR count). The maximum atomic E-state index is 13.1. The number of carbonyl (C=O) groups excluding carboxylic acids is 2. The first-order valence-electron chi connectivity index (χ1n) is 11.2. The third-order valence-electron chi connectivity index (χ3n) is 6.10. The number of amides is 2. The molecule has 0 unspecified atom stereocenters. The first kappa shape index (κ1) is 23.3. The average molecular weight is 513 g/mol. The van der Waals surface area contributed by atoms with E-state index in [1.54, 1.807) is 33.4 Å². The second-order valence-electron chi connectivity index (χ2n) is 8.32. The minimum atomic E-state index is -3.87. The number of fused-ring (bicyclic) bond motifs is 2. The summed E-state index contributed by atoms with van der Waals surface area (Å²) in [6.07, 6.45) is 1.50. The van der Waals surface area contributed by atoms with Crippen molar-refractivity contribution in [3.8, 4) is 17.0 Å². The maximum Gasteiger partial charge on any atom is 0.265 e. The van der Waals surface area contributed by atoms with Crippen molar-refractivity contribution in [2.45, 2.75) is 31.6 Å². The lowest BCUT2D eigenvalue weighted by molar-refractivity contribution is -0.121. The fraction of sp³-hybridized carbons (Fsp3) is 0.292. The van der Waals surface area contributed by atoms with Crippen molar-refractivity contribution >= 4 is 49.7 Å². The van der Waals surface area contributed by atoms with Crippen LogP contribution in [0.2, 0.25) is 0 Å². The first-order chi connectivity index (χ1) is 16.8. The van der Waals surface area contributed by atoms with E-state index < -0.39 is 10.0 Å². The number of aryl methyl sites for hydroxylation is 1. The summed E-state index contributed by atoms with van der Waals surface area (Å²) in [5, 5.41) is 2.00. The molecule has 3 heterocycles. The Kier molecular flexibility index (Phi) is 5.97. The molecule has 0 saturated heterocycles. The molecule has 0 spiro atoms. The van der Waals surface area contributed by atoms with Crippen LogP contribution < -0.4 is 19.3 Å². The molecule has 9 nitrogen and oxygen atoms in total.